The Morgan fingerprint density at radius 2 is 2.25 bits per heavy atom. The highest BCUT2D eigenvalue weighted by molar-refractivity contribution is 5.73. The van der Waals surface area contributed by atoms with Crippen LogP contribution in [0.2, 0.25) is 0 Å². The molecule has 1 amide bonds. The Morgan fingerprint density at radius 1 is 1.50 bits per heavy atom. The van der Waals surface area contributed by atoms with Gasteiger partial charge in [0, 0.05) is 18.5 Å². The summed E-state index contributed by atoms with van der Waals surface area (Å²) in [5.41, 5.74) is 6.69. The van der Waals surface area contributed by atoms with Crippen LogP contribution in [0.15, 0.2) is 18.2 Å². The van der Waals surface area contributed by atoms with Crippen LogP contribution in [0.3, 0.4) is 0 Å². The van der Waals surface area contributed by atoms with Crippen LogP contribution < -0.4 is 11.1 Å². The second-order valence-corrected chi connectivity index (χ2v) is 3.84. The quantitative estimate of drug-likeness (QED) is 0.719. The van der Waals surface area contributed by atoms with Gasteiger partial charge in [0.05, 0.1) is 0 Å². The lowest BCUT2D eigenvalue weighted by Crippen LogP contribution is -2.18. The number of rotatable bonds is 6. The van der Waals surface area contributed by atoms with Crippen LogP contribution in [0.1, 0.15) is 24.0 Å². The minimum atomic E-state index is -0.302. The summed E-state index contributed by atoms with van der Waals surface area (Å²) in [5.74, 6) is -0.503. The molecule has 4 heteroatoms. The fourth-order valence-electron chi connectivity index (χ4n) is 1.45. The lowest BCUT2D eigenvalue weighted by atomic mass is 10.1. The van der Waals surface area contributed by atoms with Gasteiger partial charge in [-0.2, -0.15) is 0 Å². The summed E-state index contributed by atoms with van der Waals surface area (Å²) in [5, 5.41) is 3.08. The zero-order chi connectivity index (χ0) is 12.0. The summed E-state index contributed by atoms with van der Waals surface area (Å²) in [6.45, 7) is 3.07. The van der Waals surface area contributed by atoms with Gasteiger partial charge in [-0.05, 0) is 26.0 Å². The van der Waals surface area contributed by atoms with E-state index in [4.69, 9.17) is 5.73 Å². The number of primary amides is 1. The molecule has 0 fully saturated rings. The van der Waals surface area contributed by atoms with Crippen LogP contribution >= 0.6 is 0 Å². The normalized spacial score (nSPS) is 10.4. The molecule has 0 radical (unpaired) electrons. The summed E-state index contributed by atoms with van der Waals surface area (Å²) < 4.78 is 13.3. The molecule has 1 aromatic carbocycles. The highest BCUT2D eigenvalue weighted by atomic mass is 19.1. The van der Waals surface area contributed by atoms with E-state index in [0.29, 0.717) is 31.5 Å². The first kappa shape index (κ1) is 12.6. The number of benzene rings is 1. The third kappa shape index (κ3) is 4.40. The number of nitrogens with one attached hydrogen (secondary N) is 1. The van der Waals surface area contributed by atoms with Crippen molar-refractivity contribution in [3.8, 4) is 0 Å². The van der Waals surface area contributed by atoms with Crippen LogP contribution in [0.25, 0.3) is 0 Å². The maximum atomic E-state index is 13.3. The average Bonchev–Trinajstić information content (AvgIpc) is 2.22. The number of amides is 1. The second kappa shape index (κ2) is 6.23. The molecule has 88 valence electrons. The maximum Gasteiger partial charge on any atom is 0.217 e. The Morgan fingerprint density at radius 3 is 2.94 bits per heavy atom. The summed E-state index contributed by atoms with van der Waals surface area (Å²) in [7, 11) is 0. The van der Waals surface area contributed by atoms with Gasteiger partial charge in [0.2, 0.25) is 5.91 Å². The van der Waals surface area contributed by atoms with Crippen molar-refractivity contribution in [2.24, 2.45) is 5.73 Å². The van der Waals surface area contributed by atoms with E-state index in [2.05, 4.69) is 5.32 Å². The number of halogens is 1. The van der Waals surface area contributed by atoms with Crippen molar-refractivity contribution in [2.45, 2.75) is 26.3 Å². The maximum absolute atomic E-state index is 13.3. The fraction of sp³-hybridized carbons (Fsp3) is 0.417. The minimum Gasteiger partial charge on any atom is -0.370 e. The molecule has 0 aliphatic rings. The molecule has 0 saturated heterocycles. The van der Waals surface area contributed by atoms with Crippen molar-refractivity contribution < 1.29 is 9.18 Å². The van der Waals surface area contributed by atoms with Crippen LogP contribution in [0.4, 0.5) is 4.39 Å². The predicted octanol–water partition coefficient (Wildman–Crippen LogP) is 1.49. The molecule has 0 aliphatic carbocycles. The fourth-order valence-corrected chi connectivity index (χ4v) is 1.45. The summed E-state index contributed by atoms with van der Waals surface area (Å²) in [6, 6.07) is 5.03. The summed E-state index contributed by atoms with van der Waals surface area (Å²) in [4.78, 5) is 10.5. The van der Waals surface area contributed by atoms with E-state index < -0.39 is 0 Å². The first-order valence-electron chi connectivity index (χ1n) is 5.33. The monoisotopic (exact) mass is 224 g/mol. The van der Waals surface area contributed by atoms with Crippen molar-refractivity contribution in [1.82, 2.24) is 5.32 Å². The third-order valence-electron chi connectivity index (χ3n) is 2.29. The smallest absolute Gasteiger partial charge is 0.217 e. The summed E-state index contributed by atoms with van der Waals surface area (Å²) >= 11 is 0. The number of hydrogen-bond donors (Lipinski definition) is 2. The minimum absolute atomic E-state index is 0.201. The van der Waals surface area contributed by atoms with Crippen LogP contribution in [0.5, 0.6) is 0 Å². The molecule has 0 aromatic heterocycles. The van der Waals surface area contributed by atoms with Crippen molar-refractivity contribution >= 4 is 5.91 Å². The van der Waals surface area contributed by atoms with Gasteiger partial charge < -0.3 is 11.1 Å². The first-order valence-corrected chi connectivity index (χ1v) is 5.33. The van der Waals surface area contributed by atoms with Crippen molar-refractivity contribution in [3.63, 3.8) is 0 Å². The molecule has 3 nitrogen and oxygen atoms in total. The predicted molar refractivity (Wildman–Crippen MR) is 61.3 cm³/mol. The molecule has 0 bridgehead atoms. The third-order valence-corrected chi connectivity index (χ3v) is 2.29. The van der Waals surface area contributed by atoms with Gasteiger partial charge in [0.25, 0.3) is 0 Å². The topological polar surface area (TPSA) is 55.1 Å². The Kier molecular flexibility index (Phi) is 4.92. The number of nitrogens with two attached hydrogens (primary N) is 1. The molecule has 0 aliphatic heterocycles. The number of carbonyl (C=O) groups excluding carboxylic acids is 1. The Hall–Kier alpha value is -1.42. The van der Waals surface area contributed by atoms with Crippen LogP contribution in [-0.2, 0) is 11.3 Å². The number of carbonyl (C=O) groups is 1. The van der Waals surface area contributed by atoms with E-state index in [-0.39, 0.29) is 11.7 Å². The molecule has 3 N–H and O–H groups in total. The SMILES string of the molecule is Cc1ccc(F)c(CNCCCC(N)=O)c1. The van der Waals surface area contributed by atoms with E-state index in [9.17, 15) is 9.18 Å². The van der Waals surface area contributed by atoms with Crippen LogP contribution in [-0.4, -0.2) is 12.5 Å². The van der Waals surface area contributed by atoms with Gasteiger partial charge >= 0.3 is 0 Å². The zero-order valence-corrected chi connectivity index (χ0v) is 9.42. The number of hydrogen-bond acceptors (Lipinski definition) is 2. The van der Waals surface area contributed by atoms with Gasteiger partial charge in [-0.15, -0.1) is 0 Å². The second-order valence-electron chi connectivity index (χ2n) is 3.84. The highest BCUT2D eigenvalue weighted by Crippen LogP contribution is 2.09. The largest absolute Gasteiger partial charge is 0.370 e. The lowest BCUT2D eigenvalue weighted by Gasteiger charge is -2.06. The van der Waals surface area contributed by atoms with Gasteiger partial charge in [-0.25, -0.2) is 4.39 Å². The number of aryl methyl sites for hydroxylation is 1. The van der Waals surface area contributed by atoms with Gasteiger partial charge in [-0.3, -0.25) is 4.79 Å². The molecule has 0 heterocycles. The van der Waals surface area contributed by atoms with Crippen molar-refractivity contribution in [3.05, 3.63) is 35.1 Å². The van der Waals surface area contributed by atoms with Crippen molar-refractivity contribution in [2.75, 3.05) is 6.54 Å². The summed E-state index contributed by atoms with van der Waals surface area (Å²) in [6.07, 6.45) is 1.05. The molecule has 0 atom stereocenters. The molecule has 0 saturated carbocycles. The van der Waals surface area contributed by atoms with E-state index in [1.54, 1.807) is 6.07 Å². The van der Waals surface area contributed by atoms with E-state index in [0.717, 1.165) is 5.56 Å². The van der Waals surface area contributed by atoms with Crippen LogP contribution in [0, 0.1) is 12.7 Å². The van der Waals surface area contributed by atoms with E-state index in [1.165, 1.54) is 6.07 Å². The standard InChI is InChI=1S/C12H17FN2O/c1-9-4-5-11(13)10(7-9)8-15-6-2-3-12(14)16/h4-5,7,15H,2-3,6,8H2,1H3,(H2,14,16). The average molecular weight is 224 g/mol. The van der Waals surface area contributed by atoms with E-state index in [1.807, 2.05) is 13.0 Å². The molecule has 1 rings (SSSR count). The van der Waals surface area contributed by atoms with Crippen molar-refractivity contribution in [1.29, 1.82) is 0 Å². The molecule has 0 unspecified atom stereocenters. The molecular formula is C12H17FN2O. The van der Waals surface area contributed by atoms with Gasteiger partial charge in [0.15, 0.2) is 0 Å². The Balaban J connectivity index is 2.31. The van der Waals surface area contributed by atoms with E-state index >= 15 is 0 Å². The lowest BCUT2D eigenvalue weighted by molar-refractivity contribution is -0.118. The molecule has 0 spiro atoms. The Bertz CT molecular complexity index is 366. The molecule has 16 heavy (non-hydrogen) atoms. The zero-order valence-electron chi connectivity index (χ0n) is 9.42. The Labute approximate surface area is 94.8 Å². The van der Waals surface area contributed by atoms with Gasteiger partial charge in [0.1, 0.15) is 5.82 Å². The highest BCUT2D eigenvalue weighted by Gasteiger charge is 2.01. The molecular weight excluding hydrogens is 207 g/mol. The molecule has 1 aromatic rings. The van der Waals surface area contributed by atoms with Gasteiger partial charge in [-0.1, -0.05) is 17.7 Å². The first-order chi connectivity index (χ1) is 7.59.